The van der Waals surface area contributed by atoms with Crippen LogP contribution in [0.5, 0.6) is 5.75 Å². The molecule has 0 radical (unpaired) electrons. The van der Waals surface area contributed by atoms with E-state index in [1.165, 1.54) is 0 Å². The molecular formula is C24H23N3O3. The standard InChI is InChI=1S/C24H23N3O3/c1-24(2,15-28)23(29)27-13-20(14-27)30-22-10-19(9-18-6-7-26-12-21(18)22)17-5-3-4-16(8-17)11-25/h3-10,12,20,28H,13-15H2,1-2H3. The zero-order chi connectivity index (χ0) is 21.3. The largest absolute Gasteiger partial charge is 0.486 e. The monoisotopic (exact) mass is 401 g/mol. The van der Waals surface area contributed by atoms with Gasteiger partial charge < -0.3 is 14.7 Å². The topological polar surface area (TPSA) is 86.5 Å². The van der Waals surface area contributed by atoms with Gasteiger partial charge in [0.05, 0.1) is 36.7 Å². The zero-order valence-electron chi connectivity index (χ0n) is 17.0. The van der Waals surface area contributed by atoms with Crippen LogP contribution in [0.4, 0.5) is 0 Å². The lowest BCUT2D eigenvalue weighted by Crippen LogP contribution is -2.59. The third kappa shape index (κ3) is 3.72. The van der Waals surface area contributed by atoms with Gasteiger partial charge >= 0.3 is 0 Å². The Hall–Kier alpha value is -3.43. The van der Waals surface area contributed by atoms with Gasteiger partial charge in [0.15, 0.2) is 0 Å². The Morgan fingerprint density at radius 1 is 1.27 bits per heavy atom. The summed E-state index contributed by atoms with van der Waals surface area (Å²) in [5.41, 5.74) is 1.71. The number of pyridine rings is 1. The van der Waals surface area contributed by atoms with Crippen molar-refractivity contribution in [1.82, 2.24) is 9.88 Å². The number of amides is 1. The minimum atomic E-state index is -0.784. The Morgan fingerprint density at radius 2 is 2.07 bits per heavy atom. The minimum Gasteiger partial charge on any atom is -0.486 e. The number of nitriles is 1. The van der Waals surface area contributed by atoms with Crippen LogP contribution in [0.3, 0.4) is 0 Å². The molecule has 6 heteroatoms. The highest BCUT2D eigenvalue weighted by molar-refractivity contribution is 5.92. The second kappa shape index (κ2) is 7.77. The molecule has 1 saturated heterocycles. The van der Waals surface area contributed by atoms with Crippen molar-refractivity contribution >= 4 is 16.7 Å². The van der Waals surface area contributed by atoms with E-state index in [0.29, 0.717) is 24.4 Å². The molecule has 2 aromatic carbocycles. The maximum atomic E-state index is 12.5. The van der Waals surface area contributed by atoms with Gasteiger partial charge in [0.2, 0.25) is 5.91 Å². The number of hydrogen-bond donors (Lipinski definition) is 1. The highest BCUT2D eigenvalue weighted by Gasteiger charge is 2.39. The van der Waals surface area contributed by atoms with Crippen molar-refractivity contribution in [3.05, 3.63) is 60.4 Å². The van der Waals surface area contributed by atoms with Crippen molar-refractivity contribution in [2.24, 2.45) is 5.41 Å². The van der Waals surface area contributed by atoms with Crippen LogP contribution < -0.4 is 4.74 Å². The van der Waals surface area contributed by atoms with Crippen LogP contribution in [0.15, 0.2) is 54.9 Å². The van der Waals surface area contributed by atoms with Crippen LogP contribution in [0.25, 0.3) is 21.9 Å². The molecule has 1 aliphatic rings. The Kier molecular flexibility index (Phi) is 5.15. The molecular weight excluding hydrogens is 378 g/mol. The van der Waals surface area contributed by atoms with Crippen LogP contribution in [0.1, 0.15) is 19.4 Å². The van der Waals surface area contributed by atoms with E-state index >= 15 is 0 Å². The fraction of sp³-hybridized carbons (Fsp3) is 0.292. The number of carbonyl (C=O) groups excluding carboxylic acids is 1. The van der Waals surface area contributed by atoms with Crippen molar-refractivity contribution < 1.29 is 14.6 Å². The Bertz CT molecular complexity index is 1140. The summed E-state index contributed by atoms with van der Waals surface area (Å²) in [6, 6.07) is 15.6. The Labute approximate surface area is 175 Å². The van der Waals surface area contributed by atoms with E-state index in [9.17, 15) is 15.2 Å². The summed E-state index contributed by atoms with van der Waals surface area (Å²) in [5, 5.41) is 20.5. The number of ether oxygens (including phenoxy) is 1. The van der Waals surface area contributed by atoms with E-state index in [1.54, 1.807) is 37.2 Å². The summed E-state index contributed by atoms with van der Waals surface area (Å²) in [4.78, 5) is 18.4. The molecule has 0 aliphatic carbocycles. The molecule has 0 atom stereocenters. The molecule has 0 bridgehead atoms. The van der Waals surface area contributed by atoms with Crippen molar-refractivity contribution in [3.8, 4) is 22.9 Å². The summed E-state index contributed by atoms with van der Waals surface area (Å²) < 4.78 is 6.25. The van der Waals surface area contributed by atoms with Gasteiger partial charge in [-0.05, 0) is 60.7 Å². The second-order valence-electron chi connectivity index (χ2n) is 8.26. The van der Waals surface area contributed by atoms with E-state index < -0.39 is 5.41 Å². The van der Waals surface area contributed by atoms with Gasteiger partial charge in [0.25, 0.3) is 0 Å². The first-order valence-corrected chi connectivity index (χ1v) is 9.86. The van der Waals surface area contributed by atoms with Crippen LogP contribution in [-0.2, 0) is 4.79 Å². The van der Waals surface area contributed by atoms with Gasteiger partial charge in [-0.1, -0.05) is 12.1 Å². The van der Waals surface area contributed by atoms with Crippen molar-refractivity contribution in [1.29, 1.82) is 5.26 Å². The van der Waals surface area contributed by atoms with Gasteiger partial charge in [-0.25, -0.2) is 0 Å². The molecule has 0 saturated carbocycles. The molecule has 1 aromatic heterocycles. The first-order chi connectivity index (χ1) is 14.4. The molecule has 6 nitrogen and oxygen atoms in total. The number of fused-ring (bicyclic) bond motifs is 1. The molecule has 30 heavy (non-hydrogen) atoms. The highest BCUT2D eigenvalue weighted by Crippen LogP contribution is 2.34. The maximum absolute atomic E-state index is 12.5. The molecule has 1 aliphatic heterocycles. The SMILES string of the molecule is CC(C)(CO)C(=O)N1CC(Oc2cc(-c3cccc(C#N)c3)cc3ccncc23)C1. The quantitative estimate of drug-likeness (QED) is 0.708. The van der Waals surface area contributed by atoms with Crippen LogP contribution in [0.2, 0.25) is 0 Å². The average Bonchev–Trinajstić information content (AvgIpc) is 2.75. The normalized spacial score (nSPS) is 14.3. The molecule has 0 unspecified atom stereocenters. The van der Waals surface area contributed by atoms with Gasteiger partial charge in [-0.2, -0.15) is 5.26 Å². The number of aliphatic hydroxyl groups is 1. The van der Waals surface area contributed by atoms with Gasteiger partial charge in [0, 0.05) is 17.8 Å². The molecule has 1 fully saturated rings. The number of likely N-dealkylation sites (tertiary alicyclic amines) is 1. The van der Waals surface area contributed by atoms with Crippen molar-refractivity contribution in [2.75, 3.05) is 19.7 Å². The predicted octanol–water partition coefficient (Wildman–Crippen LogP) is 3.38. The molecule has 1 amide bonds. The third-order valence-electron chi connectivity index (χ3n) is 5.45. The minimum absolute atomic E-state index is 0.0709. The molecule has 2 heterocycles. The lowest BCUT2D eigenvalue weighted by atomic mass is 9.91. The number of benzene rings is 2. The number of carbonyl (C=O) groups is 1. The van der Waals surface area contributed by atoms with Gasteiger partial charge in [0.1, 0.15) is 11.9 Å². The van der Waals surface area contributed by atoms with E-state index in [4.69, 9.17) is 4.74 Å². The fourth-order valence-corrected chi connectivity index (χ4v) is 3.55. The molecule has 0 spiro atoms. The number of aliphatic hydroxyl groups excluding tert-OH is 1. The Balaban J connectivity index is 1.60. The summed E-state index contributed by atoms with van der Waals surface area (Å²) in [7, 11) is 0. The third-order valence-corrected chi connectivity index (χ3v) is 5.45. The molecule has 152 valence electrons. The first-order valence-electron chi connectivity index (χ1n) is 9.86. The molecule has 1 N–H and O–H groups in total. The number of aromatic nitrogens is 1. The first kappa shape index (κ1) is 19.9. The summed E-state index contributed by atoms with van der Waals surface area (Å²) >= 11 is 0. The van der Waals surface area contributed by atoms with Crippen LogP contribution >= 0.6 is 0 Å². The van der Waals surface area contributed by atoms with Crippen LogP contribution in [-0.4, -0.2) is 46.7 Å². The van der Waals surface area contributed by atoms with Gasteiger partial charge in [-0.3, -0.25) is 9.78 Å². The molecule has 4 rings (SSSR count). The summed E-state index contributed by atoms with van der Waals surface area (Å²) in [5.74, 6) is 0.634. The molecule has 3 aromatic rings. The number of rotatable bonds is 5. The highest BCUT2D eigenvalue weighted by atomic mass is 16.5. The smallest absolute Gasteiger partial charge is 0.230 e. The fourth-order valence-electron chi connectivity index (χ4n) is 3.55. The summed E-state index contributed by atoms with van der Waals surface area (Å²) in [6.45, 7) is 4.26. The maximum Gasteiger partial charge on any atom is 0.230 e. The van der Waals surface area contributed by atoms with E-state index in [0.717, 1.165) is 21.9 Å². The van der Waals surface area contributed by atoms with Crippen molar-refractivity contribution in [2.45, 2.75) is 20.0 Å². The predicted molar refractivity (Wildman–Crippen MR) is 114 cm³/mol. The van der Waals surface area contributed by atoms with Crippen LogP contribution in [0, 0.1) is 16.7 Å². The zero-order valence-corrected chi connectivity index (χ0v) is 17.0. The Morgan fingerprint density at radius 3 is 2.80 bits per heavy atom. The lowest BCUT2D eigenvalue weighted by molar-refractivity contribution is -0.151. The summed E-state index contributed by atoms with van der Waals surface area (Å²) in [6.07, 6.45) is 3.39. The van der Waals surface area contributed by atoms with E-state index in [2.05, 4.69) is 17.1 Å². The van der Waals surface area contributed by atoms with Gasteiger partial charge in [-0.15, -0.1) is 0 Å². The van der Waals surface area contributed by atoms with E-state index in [1.807, 2.05) is 30.3 Å². The van der Waals surface area contributed by atoms with Crippen molar-refractivity contribution in [3.63, 3.8) is 0 Å². The lowest BCUT2D eigenvalue weighted by Gasteiger charge is -2.42. The van der Waals surface area contributed by atoms with E-state index in [-0.39, 0.29) is 18.6 Å². The number of nitrogens with zero attached hydrogens (tertiary/aromatic N) is 3. The average molecular weight is 401 g/mol. The number of hydrogen-bond acceptors (Lipinski definition) is 5. The second-order valence-corrected chi connectivity index (χ2v) is 8.26.